The molecule has 0 radical (unpaired) electrons. The second-order valence-corrected chi connectivity index (χ2v) is 10.1. The molecule has 2 amide bonds. The van der Waals surface area contributed by atoms with Crippen molar-refractivity contribution in [3.8, 4) is 12.3 Å². The lowest BCUT2D eigenvalue weighted by Gasteiger charge is -2.47. The van der Waals surface area contributed by atoms with Crippen LogP contribution in [-0.4, -0.2) is 88.9 Å². The molecule has 1 aromatic carbocycles. The molecule has 3 unspecified atom stereocenters. The summed E-state index contributed by atoms with van der Waals surface area (Å²) in [6.45, 7) is 5.59. The molecule has 8 nitrogen and oxygen atoms in total. The van der Waals surface area contributed by atoms with E-state index in [-0.39, 0.29) is 24.8 Å². The van der Waals surface area contributed by atoms with Gasteiger partial charge in [-0.3, -0.25) is 24.2 Å². The second kappa shape index (κ2) is 11.7. The van der Waals surface area contributed by atoms with Crippen molar-refractivity contribution < 1.29 is 19.5 Å². The van der Waals surface area contributed by atoms with E-state index in [9.17, 15) is 14.4 Å². The number of hydrogen-bond donors (Lipinski definition) is 2. The number of carboxylic acid groups (broad SMARTS) is 1. The van der Waals surface area contributed by atoms with Crippen LogP contribution in [-0.2, 0) is 20.9 Å². The van der Waals surface area contributed by atoms with Crippen LogP contribution in [0.1, 0.15) is 37.7 Å². The first-order valence-corrected chi connectivity index (χ1v) is 12.7. The van der Waals surface area contributed by atoms with E-state index in [1.165, 1.54) is 5.56 Å². The van der Waals surface area contributed by atoms with Crippen LogP contribution in [0.4, 0.5) is 0 Å². The molecule has 1 aromatic rings. The molecule has 0 spiro atoms. The molecule has 2 heterocycles. The number of amides is 2. The van der Waals surface area contributed by atoms with Crippen LogP contribution >= 0.6 is 0 Å². The zero-order chi connectivity index (χ0) is 24.8. The quantitative estimate of drug-likeness (QED) is 0.547. The van der Waals surface area contributed by atoms with Crippen molar-refractivity contribution in [2.24, 2.45) is 11.8 Å². The molecule has 188 valence electrons. The summed E-state index contributed by atoms with van der Waals surface area (Å²) in [4.78, 5) is 43.3. The fourth-order valence-electron chi connectivity index (χ4n) is 5.88. The highest BCUT2D eigenvalue weighted by Crippen LogP contribution is 2.39. The molecule has 35 heavy (non-hydrogen) atoms. The number of likely N-dealkylation sites (tertiary alicyclic amines) is 1. The number of hydrogen-bond acceptors (Lipinski definition) is 5. The van der Waals surface area contributed by atoms with Crippen LogP contribution in [0.15, 0.2) is 30.3 Å². The van der Waals surface area contributed by atoms with Gasteiger partial charge in [-0.05, 0) is 37.2 Å². The highest BCUT2D eigenvalue weighted by atomic mass is 16.4. The molecule has 3 fully saturated rings. The van der Waals surface area contributed by atoms with Crippen LogP contribution < -0.4 is 5.32 Å². The third kappa shape index (κ3) is 6.62. The fourth-order valence-corrected chi connectivity index (χ4v) is 5.88. The van der Waals surface area contributed by atoms with E-state index in [1.54, 1.807) is 4.90 Å². The average Bonchev–Trinajstić information content (AvgIpc) is 2.86. The van der Waals surface area contributed by atoms with Gasteiger partial charge >= 0.3 is 5.97 Å². The maximum absolute atomic E-state index is 13.3. The third-order valence-electron chi connectivity index (χ3n) is 7.79. The summed E-state index contributed by atoms with van der Waals surface area (Å²) in [5.74, 6) is 1.23. The maximum atomic E-state index is 13.3. The maximum Gasteiger partial charge on any atom is 0.306 e. The molecule has 2 N–H and O–H groups in total. The Kier molecular flexibility index (Phi) is 8.42. The lowest BCUT2D eigenvalue weighted by Crippen LogP contribution is -2.56. The molecule has 1 aliphatic carbocycles. The summed E-state index contributed by atoms with van der Waals surface area (Å²) in [7, 11) is 0. The van der Waals surface area contributed by atoms with Crippen LogP contribution in [0.2, 0.25) is 0 Å². The summed E-state index contributed by atoms with van der Waals surface area (Å²) in [5.41, 5.74) is 1.34. The lowest BCUT2D eigenvalue weighted by atomic mass is 9.72. The first-order chi connectivity index (χ1) is 16.9. The van der Waals surface area contributed by atoms with Gasteiger partial charge in [-0.15, -0.1) is 6.42 Å². The van der Waals surface area contributed by atoms with Crippen molar-refractivity contribution in [1.82, 2.24) is 20.0 Å². The zero-order valence-corrected chi connectivity index (χ0v) is 20.3. The number of piperazine rings is 1. The topological polar surface area (TPSA) is 93.2 Å². The normalized spacial score (nSPS) is 26.4. The molecule has 2 aliphatic heterocycles. The number of rotatable bonds is 8. The SMILES string of the molecule is C#C[C@H](CC(=O)O)NC(=O)CN1CCC2CCC(N3CCN(Cc4ccccc4)CC3)CC2C1=O. The minimum Gasteiger partial charge on any atom is -0.481 e. The fraction of sp³-hybridized carbons (Fsp3) is 0.593. The summed E-state index contributed by atoms with van der Waals surface area (Å²) >= 11 is 0. The summed E-state index contributed by atoms with van der Waals surface area (Å²) in [6, 6.07) is 10.1. The molecule has 4 rings (SSSR count). The summed E-state index contributed by atoms with van der Waals surface area (Å²) in [5, 5.41) is 11.5. The Hall–Kier alpha value is -2.89. The Morgan fingerprint density at radius 2 is 1.83 bits per heavy atom. The minimum atomic E-state index is -1.07. The summed E-state index contributed by atoms with van der Waals surface area (Å²) < 4.78 is 0. The van der Waals surface area contributed by atoms with Crippen LogP contribution in [0.5, 0.6) is 0 Å². The molecule has 2 saturated heterocycles. The van der Waals surface area contributed by atoms with E-state index in [2.05, 4.69) is 45.3 Å². The molecule has 1 saturated carbocycles. The second-order valence-electron chi connectivity index (χ2n) is 10.1. The van der Waals surface area contributed by atoms with Gasteiger partial charge in [-0.2, -0.15) is 0 Å². The van der Waals surface area contributed by atoms with E-state index in [0.29, 0.717) is 18.5 Å². The van der Waals surface area contributed by atoms with Gasteiger partial charge in [0.05, 0.1) is 13.0 Å². The van der Waals surface area contributed by atoms with Crippen molar-refractivity contribution in [2.75, 3.05) is 39.3 Å². The van der Waals surface area contributed by atoms with Crippen LogP contribution in [0, 0.1) is 24.2 Å². The van der Waals surface area contributed by atoms with E-state index in [1.807, 2.05) is 6.07 Å². The number of nitrogens with one attached hydrogen (secondary N) is 1. The molecule has 0 bridgehead atoms. The van der Waals surface area contributed by atoms with E-state index in [4.69, 9.17) is 11.5 Å². The summed E-state index contributed by atoms with van der Waals surface area (Å²) in [6.07, 6.45) is 8.96. The van der Waals surface area contributed by atoms with Crippen molar-refractivity contribution in [2.45, 2.75) is 50.7 Å². The Balaban J connectivity index is 1.27. The Bertz CT molecular complexity index is 938. The number of terminal acetylenes is 1. The van der Waals surface area contributed by atoms with Crippen molar-refractivity contribution in [3.05, 3.63) is 35.9 Å². The largest absolute Gasteiger partial charge is 0.481 e. The molecular formula is C27H36N4O4. The Labute approximate surface area is 207 Å². The minimum absolute atomic E-state index is 0.0416. The van der Waals surface area contributed by atoms with Gasteiger partial charge in [0.15, 0.2) is 0 Å². The number of benzene rings is 1. The third-order valence-corrected chi connectivity index (χ3v) is 7.79. The van der Waals surface area contributed by atoms with Gasteiger partial charge < -0.3 is 15.3 Å². The number of carbonyl (C=O) groups excluding carboxylic acids is 2. The van der Waals surface area contributed by atoms with Gasteiger partial charge in [-0.25, -0.2) is 0 Å². The number of aliphatic carboxylic acids is 1. The standard InChI is InChI=1S/C27H36N4O4/c1-2-22(16-26(33)34)28-25(32)19-31-11-10-21-8-9-23(17-24(21)27(31)35)30-14-12-29(13-15-30)18-20-6-4-3-5-7-20/h1,3-7,21-24H,8-19H2,(H,28,32)(H,33,34)/t21?,22-,23?,24?/m1/s1. The van der Waals surface area contributed by atoms with Gasteiger partial charge in [0, 0.05) is 51.2 Å². The van der Waals surface area contributed by atoms with Gasteiger partial charge in [0.1, 0.15) is 6.04 Å². The molecule has 0 aromatic heterocycles. The van der Waals surface area contributed by atoms with Crippen LogP contribution in [0.25, 0.3) is 0 Å². The average molecular weight is 481 g/mol. The Morgan fingerprint density at radius 1 is 1.09 bits per heavy atom. The van der Waals surface area contributed by atoms with E-state index < -0.39 is 17.9 Å². The number of nitrogens with zero attached hydrogens (tertiary/aromatic N) is 3. The predicted octanol–water partition coefficient (Wildman–Crippen LogP) is 1.41. The van der Waals surface area contributed by atoms with Gasteiger partial charge in [-0.1, -0.05) is 36.3 Å². The van der Waals surface area contributed by atoms with Crippen molar-refractivity contribution in [3.63, 3.8) is 0 Å². The first-order valence-electron chi connectivity index (χ1n) is 12.7. The zero-order valence-electron chi connectivity index (χ0n) is 20.3. The molecular weight excluding hydrogens is 444 g/mol. The molecule has 4 atom stereocenters. The highest BCUT2D eigenvalue weighted by Gasteiger charge is 2.42. The number of carbonyl (C=O) groups is 3. The lowest BCUT2D eigenvalue weighted by molar-refractivity contribution is -0.147. The first kappa shape index (κ1) is 25.2. The van der Waals surface area contributed by atoms with Crippen molar-refractivity contribution >= 4 is 17.8 Å². The van der Waals surface area contributed by atoms with Crippen LogP contribution in [0.3, 0.4) is 0 Å². The molecule has 8 heteroatoms. The van der Waals surface area contributed by atoms with Crippen molar-refractivity contribution in [1.29, 1.82) is 0 Å². The number of fused-ring (bicyclic) bond motifs is 1. The highest BCUT2D eigenvalue weighted by molar-refractivity contribution is 5.87. The van der Waals surface area contributed by atoms with Gasteiger partial charge in [0.25, 0.3) is 0 Å². The van der Waals surface area contributed by atoms with Gasteiger partial charge in [0.2, 0.25) is 11.8 Å². The van der Waals surface area contributed by atoms with E-state index >= 15 is 0 Å². The number of carboxylic acids is 1. The monoisotopic (exact) mass is 480 g/mol. The Morgan fingerprint density at radius 3 is 2.51 bits per heavy atom. The smallest absolute Gasteiger partial charge is 0.306 e. The molecule has 3 aliphatic rings. The predicted molar refractivity (Wildman–Crippen MR) is 132 cm³/mol. The van der Waals surface area contributed by atoms with E-state index in [0.717, 1.165) is 58.4 Å². The number of piperidine rings is 1.